The van der Waals surface area contributed by atoms with Crippen LogP contribution in [0, 0.1) is 0 Å². The molecule has 2 heterocycles. The van der Waals surface area contributed by atoms with Gasteiger partial charge in [-0.1, -0.05) is 11.6 Å². The van der Waals surface area contributed by atoms with E-state index in [-0.39, 0.29) is 5.91 Å². The summed E-state index contributed by atoms with van der Waals surface area (Å²) in [6.45, 7) is 1.61. The Balaban J connectivity index is 1.84. The van der Waals surface area contributed by atoms with Crippen LogP contribution in [0.15, 0.2) is 30.6 Å². The van der Waals surface area contributed by atoms with Crippen molar-refractivity contribution in [3.8, 4) is 11.5 Å². The number of ether oxygens (including phenoxy) is 2. The van der Waals surface area contributed by atoms with Gasteiger partial charge in [-0.3, -0.25) is 9.78 Å². The minimum atomic E-state index is 0.0153. The minimum Gasteiger partial charge on any atom is -0.495 e. The number of aromatic nitrogens is 1. The van der Waals surface area contributed by atoms with Gasteiger partial charge in [0, 0.05) is 31.4 Å². The van der Waals surface area contributed by atoms with Gasteiger partial charge in [0.05, 0.1) is 42.4 Å². The molecule has 1 aromatic heterocycles. The number of methoxy groups -OCH3 is 2. The van der Waals surface area contributed by atoms with Crippen LogP contribution in [0.5, 0.6) is 11.5 Å². The van der Waals surface area contributed by atoms with Crippen LogP contribution in [0.1, 0.15) is 29.6 Å². The van der Waals surface area contributed by atoms with Crippen LogP contribution in [-0.4, -0.2) is 43.1 Å². The van der Waals surface area contributed by atoms with Crippen molar-refractivity contribution in [2.45, 2.75) is 19.3 Å². The molecule has 0 spiro atoms. The maximum Gasteiger partial charge on any atom is 0.255 e. The summed E-state index contributed by atoms with van der Waals surface area (Å²) in [6.07, 6.45) is 6.55. The van der Waals surface area contributed by atoms with Gasteiger partial charge in [-0.05, 0) is 25.3 Å². The first kappa shape index (κ1) is 18.3. The summed E-state index contributed by atoms with van der Waals surface area (Å²) in [7, 11) is 3.12. The van der Waals surface area contributed by atoms with Gasteiger partial charge in [0.1, 0.15) is 11.5 Å². The van der Waals surface area contributed by atoms with E-state index < -0.39 is 0 Å². The maximum atomic E-state index is 12.7. The predicted octanol–water partition coefficient (Wildman–Crippen LogP) is 4.12. The summed E-state index contributed by atoms with van der Waals surface area (Å²) in [5, 5.41) is 3.69. The lowest BCUT2D eigenvalue weighted by atomic mass is 10.1. The molecule has 1 saturated heterocycles. The van der Waals surface area contributed by atoms with Crippen LogP contribution in [0.3, 0.4) is 0 Å². The lowest BCUT2D eigenvalue weighted by molar-refractivity contribution is 0.0724. The number of piperidine rings is 1. The van der Waals surface area contributed by atoms with Crippen LogP contribution < -0.4 is 14.8 Å². The highest BCUT2D eigenvalue weighted by Gasteiger charge is 2.19. The molecule has 1 N–H and O–H groups in total. The summed E-state index contributed by atoms with van der Waals surface area (Å²) in [6, 6.07) is 5.23. The fourth-order valence-electron chi connectivity index (χ4n) is 3.02. The Bertz CT molecular complexity index is 792. The SMILES string of the molecule is COc1cc(Nc2cncc(C(=O)N3CCCCC3)c2)c(OC)cc1Cl. The molecular formula is C19H22ClN3O3. The molecule has 1 aliphatic heterocycles. The molecule has 2 aromatic rings. The molecule has 0 saturated carbocycles. The van der Waals surface area contributed by atoms with Crippen LogP contribution in [0.4, 0.5) is 11.4 Å². The second-order valence-electron chi connectivity index (χ2n) is 6.13. The van der Waals surface area contributed by atoms with E-state index in [1.807, 2.05) is 4.90 Å². The molecule has 0 bridgehead atoms. The Morgan fingerprint density at radius 2 is 1.81 bits per heavy atom. The van der Waals surface area contributed by atoms with Crippen LogP contribution in [0.25, 0.3) is 0 Å². The first-order chi connectivity index (χ1) is 12.6. The molecule has 1 amide bonds. The molecule has 1 aliphatic rings. The Kier molecular flexibility index (Phi) is 5.83. The minimum absolute atomic E-state index is 0.0153. The molecule has 1 aromatic carbocycles. The predicted molar refractivity (Wildman–Crippen MR) is 102 cm³/mol. The van der Waals surface area contributed by atoms with Crippen molar-refractivity contribution in [1.29, 1.82) is 0 Å². The Morgan fingerprint density at radius 3 is 2.50 bits per heavy atom. The summed E-state index contributed by atoms with van der Waals surface area (Å²) >= 11 is 6.14. The quantitative estimate of drug-likeness (QED) is 0.851. The van der Waals surface area contributed by atoms with E-state index >= 15 is 0 Å². The van der Waals surface area contributed by atoms with Crippen molar-refractivity contribution in [2.24, 2.45) is 0 Å². The van der Waals surface area contributed by atoms with Crippen molar-refractivity contribution in [2.75, 3.05) is 32.6 Å². The highest BCUT2D eigenvalue weighted by atomic mass is 35.5. The Hall–Kier alpha value is -2.47. The van der Waals surface area contributed by atoms with E-state index in [1.54, 1.807) is 44.8 Å². The van der Waals surface area contributed by atoms with Gasteiger partial charge < -0.3 is 19.7 Å². The zero-order valence-electron chi connectivity index (χ0n) is 14.9. The second-order valence-corrected chi connectivity index (χ2v) is 6.53. The molecule has 7 heteroatoms. The normalized spacial score (nSPS) is 14.0. The van der Waals surface area contributed by atoms with E-state index in [0.717, 1.165) is 25.9 Å². The molecule has 0 atom stereocenters. The molecule has 1 fully saturated rings. The second kappa shape index (κ2) is 8.27. The first-order valence-corrected chi connectivity index (χ1v) is 8.93. The number of likely N-dealkylation sites (tertiary alicyclic amines) is 1. The third-order valence-electron chi connectivity index (χ3n) is 4.38. The molecular weight excluding hydrogens is 354 g/mol. The summed E-state index contributed by atoms with van der Waals surface area (Å²) < 4.78 is 10.6. The summed E-state index contributed by atoms with van der Waals surface area (Å²) in [5.74, 6) is 1.12. The van der Waals surface area contributed by atoms with Crippen LogP contribution >= 0.6 is 11.6 Å². The van der Waals surface area contributed by atoms with Crippen molar-refractivity contribution in [1.82, 2.24) is 9.88 Å². The van der Waals surface area contributed by atoms with E-state index in [4.69, 9.17) is 21.1 Å². The molecule has 0 unspecified atom stereocenters. The van der Waals surface area contributed by atoms with Gasteiger partial charge >= 0.3 is 0 Å². The molecule has 138 valence electrons. The monoisotopic (exact) mass is 375 g/mol. The van der Waals surface area contributed by atoms with E-state index in [0.29, 0.717) is 33.5 Å². The van der Waals surface area contributed by atoms with Crippen molar-refractivity contribution in [3.63, 3.8) is 0 Å². The summed E-state index contributed by atoms with van der Waals surface area (Å²) in [5.41, 5.74) is 1.94. The number of halogens is 1. The number of carbonyl (C=O) groups is 1. The standard InChI is InChI=1S/C19H22ClN3O3/c1-25-17-10-16(18(26-2)9-15(17)20)22-14-8-13(11-21-12-14)19(24)23-6-4-3-5-7-23/h8-12,22H,3-7H2,1-2H3. The number of nitrogens with one attached hydrogen (secondary N) is 1. The van der Waals surface area contributed by atoms with Crippen LogP contribution in [0.2, 0.25) is 5.02 Å². The number of hydrogen-bond donors (Lipinski definition) is 1. The number of rotatable bonds is 5. The van der Waals surface area contributed by atoms with Gasteiger partial charge in [0.25, 0.3) is 5.91 Å². The lowest BCUT2D eigenvalue weighted by Crippen LogP contribution is -2.35. The molecule has 0 radical (unpaired) electrons. The van der Waals surface area contributed by atoms with Crippen LogP contribution in [-0.2, 0) is 0 Å². The Labute approximate surface area is 158 Å². The topological polar surface area (TPSA) is 63.7 Å². The van der Waals surface area contributed by atoms with Crippen molar-refractivity contribution in [3.05, 3.63) is 41.2 Å². The van der Waals surface area contributed by atoms with Crippen molar-refractivity contribution >= 4 is 28.9 Å². The number of amides is 1. The zero-order chi connectivity index (χ0) is 18.5. The fourth-order valence-corrected chi connectivity index (χ4v) is 3.25. The molecule has 26 heavy (non-hydrogen) atoms. The van der Waals surface area contributed by atoms with Crippen molar-refractivity contribution < 1.29 is 14.3 Å². The Morgan fingerprint density at radius 1 is 1.08 bits per heavy atom. The highest BCUT2D eigenvalue weighted by Crippen LogP contribution is 2.37. The first-order valence-electron chi connectivity index (χ1n) is 8.55. The molecule has 0 aliphatic carbocycles. The molecule has 3 rings (SSSR count). The smallest absolute Gasteiger partial charge is 0.255 e. The third kappa shape index (κ3) is 4.02. The fraction of sp³-hybridized carbons (Fsp3) is 0.368. The number of nitrogens with zero attached hydrogens (tertiary/aromatic N) is 2. The zero-order valence-corrected chi connectivity index (χ0v) is 15.7. The van der Waals surface area contributed by atoms with Gasteiger partial charge in [0.15, 0.2) is 0 Å². The number of benzene rings is 1. The average Bonchev–Trinajstić information content (AvgIpc) is 2.69. The average molecular weight is 376 g/mol. The maximum absolute atomic E-state index is 12.7. The van der Waals surface area contributed by atoms with Gasteiger partial charge in [-0.25, -0.2) is 0 Å². The van der Waals surface area contributed by atoms with E-state index in [1.165, 1.54) is 6.42 Å². The van der Waals surface area contributed by atoms with E-state index in [2.05, 4.69) is 10.3 Å². The van der Waals surface area contributed by atoms with Gasteiger partial charge in [-0.15, -0.1) is 0 Å². The number of hydrogen-bond acceptors (Lipinski definition) is 5. The number of carbonyl (C=O) groups excluding carboxylic acids is 1. The third-order valence-corrected chi connectivity index (χ3v) is 4.68. The molecule has 6 nitrogen and oxygen atoms in total. The number of pyridine rings is 1. The lowest BCUT2D eigenvalue weighted by Gasteiger charge is -2.26. The largest absolute Gasteiger partial charge is 0.495 e. The number of anilines is 2. The van der Waals surface area contributed by atoms with E-state index in [9.17, 15) is 4.79 Å². The van der Waals surface area contributed by atoms with Gasteiger partial charge in [-0.2, -0.15) is 0 Å². The summed E-state index contributed by atoms with van der Waals surface area (Å²) in [4.78, 5) is 18.8. The van der Waals surface area contributed by atoms with Gasteiger partial charge in [0.2, 0.25) is 0 Å². The highest BCUT2D eigenvalue weighted by molar-refractivity contribution is 6.32.